The second-order valence-electron chi connectivity index (χ2n) is 7.09. The normalized spacial score (nSPS) is 20.2. The van der Waals surface area contributed by atoms with Crippen LogP contribution < -0.4 is 5.32 Å². The Morgan fingerprint density at radius 1 is 1.04 bits per heavy atom. The molecule has 5 heteroatoms. The van der Waals surface area contributed by atoms with Gasteiger partial charge in [-0.05, 0) is 56.5 Å². The highest BCUT2D eigenvalue weighted by molar-refractivity contribution is 6.31. The summed E-state index contributed by atoms with van der Waals surface area (Å²) in [5.74, 6) is 1.57. The van der Waals surface area contributed by atoms with Gasteiger partial charge in [0.2, 0.25) is 0 Å². The third kappa shape index (κ3) is 3.55. The van der Waals surface area contributed by atoms with Crippen LogP contribution in [0.5, 0.6) is 0 Å². The van der Waals surface area contributed by atoms with Gasteiger partial charge in [0.25, 0.3) is 0 Å². The lowest BCUT2D eigenvalue weighted by molar-refractivity contribution is 0.352. The standard InChI is InChI=1S/C20H24ClN3.ClH/c21-17-8-4-3-7-16(17)20(10-13-22-14-11-20)18-9-12-23-19(24-18)15-5-1-2-6-15;/h3-4,7-9,12,15,22H,1-2,5-6,10-11,13-14H2;1H. The summed E-state index contributed by atoms with van der Waals surface area (Å²) >= 11 is 6.60. The largest absolute Gasteiger partial charge is 0.317 e. The minimum Gasteiger partial charge on any atom is -0.317 e. The Morgan fingerprint density at radius 3 is 2.48 bits per heavy atom. The van der Waals surface area contributed by atoms with Gasteiger partial charge in [0.15, 0.2) is 0 Å². The molecule has 1 aromatic carbocycles. The van der Waals surface area contributed by atoms with Crippen LogP contribution in [-0.4, -0.2) is 23.1 Å². The van der Waals surface area contributed by atoms with Crippen molar-refractivity contribution in [3.05, 3.63) is 58.6 Å². The number of aromatic nitrogens is 2. The molecule has 2 fully saturated rings. The summed E-state index contributed by atoms with van der Waals surface area (Å²) in [5, 5.41) is 4.33. The molecule has 2 aromatic rings. The Balaban J connectivity index is 0.00000182. The molecule has 0 unspecified atom stereocenters. The van der Waals surface area contributed by atoms with Gasteiger partial charge in [-0.1, -0.05) is 42.6 Å². The molecule has 1 aromatic heterocycles. The second kappa shape index (κ2) is 8.03. The summed E-state index contributed by atoms with van der Waals surface area (Å²) in [5.41, 5.74) is 2.26. The first-order chi connectivity index (χ1) is 11.8. The first kappa shape index (κ1) is 18.6. The van der Waals surface area contributed by atoms with Crippen molar-refractivity contribution in [1.82, 2.24) is 15.3 Å². The van der Waals surface area contributed by atoms with Gasteiger partial charge in [-0.15, -0.1) is 12.4 Å². The minimum atomic E-state index is -0.0973. The molecule has 4 rings (SSSR count). The van der Waals surface area contributed by atoms with Crippen molar-refractivity contribution in [2.75, 3.05) is 13.1 Å². The van der Waals surface area contributed by atoms with Crippen LogP contribution in [-0.2, 0) is 5.41 Å². The fourth-order valence-corrected chi connectivity index (χ4v) is 4.70. The van der Waals surface area contributed by atoms with Crippen molar-refractivity contribution in [2.24, 2.45) is 0 Å². The van der Waals surface area contributed by atoms with Gasteiger partial charge in [0.1, 0.15) is 5.82 Å². The van der Waals surface area contributed by atoms with Crippen LogP contribution in [0.4, 0.5) is 0 Å². The highest BCUT2D eigenvalue weighted by atomic mass is 35.5. The number of rotatable bonds is 3. The molecule has 25 heavy (non-hydrogen) atoms. The molecule has 2 heterocycles. The average molecular weight is 378 g/mol. The summed E-state index contributed by atoms with van der Waals surface area (Å²) < 4.78 is 0. The van der Waals surface area contributed by atoms with Crippen LogP contribution in [0.1, 0.15) is 61.5 Å². The van der Waals surface area contributed by atoms with E-state index in [1.54, 1.807) is 0 Å². The Bertz CT molecular complexity index is 708. The Kier molecular flexibility index (Phi) is 5.98. The van der Waals surface area contributed by atoms with Crippen molar-refractivity contribution in [3.8, 4) is 0 Å². The Morgan fingerprint density at radius 2 is 1.76 bits per heavy atom. The summed E-state index contributed by atoms with van der Waals surface area (Å²) in [6.07, 6.45) is 9.07. The number of halogens is 2. The predicted octanol–water partition coefficient (Wildman–Crippen LogP) is 4.88. The van der Waals surface area contributed by atoms with Crippen LogP contribution in [0, 0.1) is 0 Å². The lowest BCUT2D eigenvalue weighted by atomic mass is 9.70. The first-order valence-electron chi connectivity index (χ1n) is 9.09. The molecule has 0 radical (unpaired) electrons. The number of nitrogens with one attached hydrogen (secondary N) is 1. The minimum absolute atomic E-state index is 0. The van der Waals surface area contributed by atoms with E-state index in [2.05, 4.69) is 28.5 Å². The predicted molar refractivity (Wildman–Crippen MR) is 105 cm³/mol. The second-order valence-corrected chi connectivity index (χ2v) is 7.50. The Labute approximate surface area is 161 Å². The molecule has 1 aliphatic heterocycles. The summed E-state index contributed by atoms with van der Waals surface area (Å²) in [6.45, 7) is 1.99. The molecule has 0 amide bonds. The zero-order valence-corrected chi connectivity index (χ0v) is 16.0. The smallest absolute Gasteiger partial charge is 0.131 e. The van der Waals surface area contributed by atoms with Crippen molar-refractivity contribution >= 4 is 24.0 Å². The highest BCUT2D eigenvalue weighted by Crippen LogP contribution is 2.43. The van der Waals surface area contributed by atoms with Gasteiger partial charge in [0.05, 0.1) is 5.69 Å². The molecule has 0 bridgehead atoms. The maximum Gasteiger partial charge on any atom is 0.131 e. The van der Waals surface area contributed by atoms with E-state index in [1.807, 2.05) is 18.3 Å². The van der Waals surface area contributed by atoms with E-state index in [0.717, 1.165) is 42.5 Å². The van der Waals surface area contributed by atoms with Gasteiger partial charge < -0.3 is 5.32 Å². The van der Waals surface area contributed by atoms with E-state index in [-0.39, 0.29) is 17.8 Å². The molecule has 1 aliphatic carbocycles. The van der Waals surface area contributed by atoms with Crippen LogP contribution in [0.25, 0.3) is 0 Å². The van der Waals surface area contributed by atoms with E-state index in [9.17, 15) is 0 Å². The fourth-order valence-electron chi connectivity index (χ4n) is 4.39. The fraction of sp³-hybridized carbons (Fsp3) is 0.500. The van der Waals surface area contributed by atoms with E-state index in [0.29, 0.717) is 5.92 Å². The number of piperidine rings is 1. The van der Waals surface area contributed by atoms with Crippen molar-refractivity contribution in [3.63, 3.8) is 0 Å². The van der Waals surface area contributed by atoms with Gasteiger partial charge >= 0.3 is 0 Å². The maximum absolute atomic E-state index is 6.60. The quantitative estimate of drug-likeness (QED) is 0.827. The molecular formula is C20H25Cl2N3. The van der Waals surface area contributed by atoms with Gasteiger partial charge in [-0.25, -0.2) is 9.97 Å². The topological polar surface area (TPSA) is 37.8 Å². The SMILES string of the molecule is Cl.Clc1ccccc1C1(c2ccnc(C3CCCC3)n2)CCNCC1. The molecule has 3 nitrogen and oxygen atoms in total. The zero-order chi connectivity index (χ0) is 16.4. The number of nitrogens with zero attached hydrogens (tertiary/aromatic N) is 2. The molecular weight excluding hydrogens is 353 g/mol. The number of hydrogen-bond acceptors (Lipinski definition) is 3. The molecule has 0 atom stereocenters. The van der Waals surface area contributed by atoms with Gasteiger partial charge in [-0.2, -0.15) is 0 Å². The van der Waals surface area contributed by atoms with Crippen LogP contribution in [0.15, 0.2) is 36.5 Å². The maximum atomic E-state index is 6.60. The lowest BCUT2D eigenvalue weighted by Gasteiger charge is -2.38. The summed E-state index contributed by atoms with van der Waals surface area (Å²) in [6, 6.07) is 10.4. The number of hydrogen-bond donors (Lipinski definition) is 1. The van der Waals surface area contributed by atoms with Crippen molar-refractivity contribution < 1.29 is 0 Å². The molecule has 1 saturated carbocycles. The third-order valence-electron chi connectivity index (χ3n) is 5.73. The van der Waals surface area contributed by atoms with Crippen molar-refractivity contribution in [1.29, 1.82) is 0 Å². The van der Waals surface area contributed by atoms with E-state index >= 15 is 0 Å². The van der Waals surface area contributed by atoms with Crippen molar-refractivity contribution in [2.45, 2.75) is 49.9 Å². The molecule has 0 spiro atoms. The molecule has 1 N–H and O–H groups in total. The van der Waals surface area contributed by atoms with E-state index in [1.165, 1.54) is 31.2 Å². The van der Waals surface area contributed by atoms with Gasteiger partial charge in [0, 0.05) is 22.6 Å². The van der Waals surface area contributed by atoms with E-state index < -0.39 is 0 Å². The first-order valence-corrected chi connectivity index (χ1v) is 9.46. The zero-order valence-electron chi connectivity index (χ0n) is 14.4. The molecule has 134 valence electrons. The summed E-state index contributed by atoms with van der Waals surface area (Å²) in [7, 11) is 0. The lowest BCUT2D eigenvalue weighted by Crippen LogP contribution is -2.41. The average Bonchev–Trinajstić information content (AvgIpc) is 3.18. The number of benzene rings is 1. The van der Waals surface area contributed by atoms with Crippen LogP contribution in [0.3, 0.4) is 0 Å². The Hall–Kier alpha value is -1.16. The monoisotopic (exact) mass is 377 g/mol. The van der Waals surface area contributed by atoms with Crippen LogP contribution in [0.2, 0.25) is 5.02 Å². The van der Waals surface area contributed by atoms with E-state index in [4.69, 9.17) is 16.6 Å². The highest BCUT2D eigenvalue weighted by Gasteiger charge is 2.39. The van der Waals surface area contributed by atoms with Crippen LogP contribution >= 0.6 is 24.0 Å². The molecule has 1 saturated heterocycles. The summed E-state index contributed by atoms with van der Waals surface area (Å²) in [4.78, 5) is 9.67. The van der Waals surface area contributed by atoms with Gasteiger partial charge in [-0.3, -0.25) is 0 Å². The third-order valence-corrected chi connectivity index (χ3v) is 6.06. The molecule has 2 aliphatic rings.